The van der Waals surface area contributed by atoms with E-state index in [1.807, 2.05) is 7.05 Å². The molecule has 0 spiro atoms. The molecule has 0 aromatic carbocycles. The highest BCUT2D eigenvalue weighted by Crippen LogP contribution is 2.41. The van der Waals surface area contributed by atoms with Crippen LogP contribution in [0.4, 0.5) is 0 Å². The molecule has 1 N–H and O–H groups in total. The highest BCUT2D eigenvalue weighted by molar-refractivity contribution is 9.11. The van der Waals surface area contributed by atoms with Crippen molar-refractivity contribution in [2.45, 2.75) is 38.3 Å². The Bertz CT molecular complexity index is 371. The second-order valence-corrected chi connectivity index (χ2v) is 7.18. The molecule has 90 valence electrons. The van der Waals surface area contributed by atoms with E-state index in [1.54, 1.807) is 11.3 Å². The number of rotatable bonds is 3. The Morgan fingerprint density at radius 1 is 1.62 bits per heavy atom. The topological polar surface area (TPSA) is 21.3 Å². The summed E-state index contributed by atoms with van der Waals surface area (Å²) in [7, 11) is 2.02. The van der Waals surface area contributed by atoms with Gasteiger partial charge in [-0.05, 0) is 61.3 Å². The fraction of sp³-hybridized carbons (Fsp3) is 0.667. The van der Waals surface area contributed by atoms with Crippen LogP contribution in [-0.2, 0) is 4.74 Å². The van der Waals surface area contributed by atoms with Gasteiger partial charge in [0.05, 0.1) is 15.4 Å². The fourth-order valence-electron chi connectivity index (χ4n) is 2.56. The van der Waals surface area contributed by atoms with Gasteiger partial charge in [0.1, 0.15) is 0 Å². The van der Waals surface area contributed by atoms with Crippen molar-refractivity contribution in [3.8, 4) is 0 Å². The van der Waals surface area contributed by atoms with E-state index in [4.69, 9.17) is 4.74 Å². The summed E-state index contributed by atoms with van der Waals surface area (Å²) in [4.78, 5) is 1.36. The summed E-state index contributed by atoms with van der Waals surface area (Å²) >= 11 is 5.35. The molecule has 1 saturated heterocycles. The standard InChI is InChI=1S/C12H18BrNOS/c1-8-9(7-10(13)16-8)11(14-3)12(2)5-4-6-15-12/h7,11,14H,4-6H2,1-3H3. The van der Waals surface area contributed by atoms with E-state index in [0.717, 1.165) is 13.0 Å². The summed E-state index contributed by atoms with van der Waals surface area (Å²) in [5.74, 6) is 0. The van der Waals surface area contributed by atoms with Gasteiger partial charge in [-0.25, -0.2) is 0 Å². The average Bonchev–Trinajstić information content (AvgIpc) is 2.76. The Labute approximate surface area is 110 Å². The second kappa shape index (κ2) is 4.77. The van der Waals surface area contributed by atoms with Crippen LogP contribution < -0.4 is 5.32 Å². The van der Waals surface area contributed by atoms with E-state index in [1.165, 1.54) is 20.6 Å². The molecular weight excluding hydrogens is 286 g/mol. The fourth-order valence-corrected chi connectivity index (χ4v) is 4.31. The lowest BCUT2D eigenvalue weighted by molar-refractivity contribution is -0.0105. The van der Waals surface area contributed by atoms with Crippen molar-refractivity contribution in [2.75, 3.05) is 13.7 Å². The number of nitrogens with one attached hydrogen (secondary N) is 1. The lowest BCUT2D eigenvalue weighted by atomic mass is 9.88. The number of likely N-dealkylation sites (N-methyl/N-ethyl adjacent to an activating group) is 1. The highest BCUT2D eigenvalue weighted by atomic mass is 79.9. The summed E-state index contributed by atoms with van der Waals surface area (Å²) in [5, 5.41) is 3.42. The Kier molecular flexibility index (Phi) is 3.74. The number of halogens is 1. The lowest BCUT2D eigenvalue weighted by Gasteiger charge is -2.33. The molecular formula is C12H18BrNOS. The lowest BCUT2D eigenvalue weighted by Crippen LogP contribution is -2.39. The first kappa shape index (κ1) is 12.6. The minimum atomic E-state index is -0.0555. The van der Waals surface area contributed by atoms with Crippen molar-refractivity contribution in [2.24, 2.45) is 0 Å². The van der Waals surface area contributed by atoms with Gasteiger partial charge in [-0.15, -0.1) is 11.3 Å². The second-order valence-electron chi connectivity index (χ2n) is 4.55. The summed E-state index contributed by atoms with van der Waals surface area (Å²) in [5.41, 5.74) is 1.31. The largest absolute Gasteiger partial charge is 0.373 e. The maximum atomic E-state index is 5.94. The van der Waals surface area contributed by atoms with Crippen LogP contribution in [0.5, 0.6) is 0 Å². The van der Waals surface area contributed by atoms with Gasteiger partial charge in [0.25, 0.3) is 0 Å². The van der Waals surface area contributed by atoms with Crippen LogP contribution in [-0.4, -0.2) is 19.3 Å². The Morgan fingerprint density at radius 2 is 2.38 bits per heavy atom. The third-order valence-corrected chi connectivity index (χ3v) is 4.96. The molecule has 2 nitrogen and oxygen atoms in total. The molecule has 2 atom stereocenters. The third kappa shape index (κ3) is 2.21. The maximum Gasteiger partial charge on any atom is 0.0849 e. The van der Waals surface area contributed by atoms with Crippen molar-refractivity contribution in [3.63, 3.8) is 0 Å². The summed E-state index contributed by atoms with van der Waals surface area (Å²) in [6, 6.07) is 2.51. The third-order valence-electron chi connectivity index (χ3n) is 3.39. The van der Waals surface area contributed by atoms with Crippen molar-refractivity contribution in [1.29, 1.82) is 0 Å². The molecule has 1 fully saturated rings. The number of thiophene rings is 1. The minimum Gasteiger partial charge on any atom is -0.373 e. The summed E-state index contributed by atoms with van der Waals surface area (Å²) in [6.45, 7) is 5.28. The summed E-state index contributed by atoms with van der Waals surface area (Å²) < 4.78 is 7.14. The molecule has 0 amide bonds. The quantitative estimate of drug-likeness (QED) is 0.920. The molecule has 0 radical (unpaired) electrons. The zero-order valence-corrected chi connectivity index (χ0v) is 12.4. The van der Waals surface area contributed by atoms with E-state index >= 15 is 0 Å². The van der Waals surface area contributed by atoms with E-state index in [9.17, 15) is 0 Å². The van der Waals surface area contributed by atoms with Crippen LogP contribution in [0.2, 0.25) is 0 Å². The predicted octanol–water partition coefficient (Wildman–Crippen LogP) is 3.65. The molecule has 1 aromatic rings. The first-order valence-corrected chi connectivity index (χ1v) is 7.25. The van der Waals surface area contributed by atoms with Gasteiger partial charge in [-0.3, -0.25) is 0 Å². The van der Waals surface area contributed by atoms with E-state index in [0.29, 0.717) is 0 Å². The molecule has 1 aliphatic heterocycles. The predicted molar refractivity (Wildman–Crippen MR) is 72.1 cm³/mol. The van der Waals surface area contributed by atoms with E-state index in [2.05, 4.69) is 41.2 Å². The normalized spacial score (nSPS) is 27.2. The van der Waals surface area contributed by atoms with Crippen LogP contribution >= 0.6 is 27.3 Å². The molecule has 2 rings (SSSR count). The van der Waals surface area contributed by atoms with Gasteiger partial charge < -0.3 is 10.1 Å². The van der Waals surface area contributed by atoms with Gasteiger partial charge in [-0.1, -0.05) is 0 Å². The Balaban J connectivity index is 2.32. The molecule has 0 bridgehead atoms. The highest BCUT2D eigenvalue weighted by Gasteiger charge is 2.39. The van der Waals surface area contributed by atoms with Crippen LogP contribution in [0.25, 0.3) is 0 Å². The monoisotopic (exact) mass is 303 g/mol. The molecule has 2 heterocycles. The van der Waals surface area contributed by atoms with Crippen LogP contribution in [0.15, 0.2) is 9.85 Å². The molecule has 2 unspecified atom stereocenters. The smallest absolute Gasteiger partial charge is 0.0849 e. The number of hydrogen-bond acceptors (Lipinski definition) is 3. The summed E-state index contributed by atoms with van der Waals surface area (Å²) in [6.07, 6.45) is 2.30. The van der Waals surface area contributed by atoms with Crippen molar-refractivity contribution in [3.05, 3.63) is 20.3 Å². The molecule has 16 heavy (non-hydrogen) atoms. The van der Waals surface area contributed by atoms with Crippen LogP contribution in [0, 0.1) is 6.92 Å². The number of aryl methyl sites for hydroxylation is 1. The van der Waals surface area contributed by atoms with E-state index < -0.39 is 0 Å². The molecule has 0 aliphatic carbocycles. The number of hydrogen-bond donors (Lipinski definition) is 1. The molecule has 1 aromatic heterocycles. The number of ether oxygens (including phenoxy) is 1. The van der Waals surface area contributed by atoms with Crippen molar-refractivity contribution in [1.82, 2.24) is 5.32 Å². The zero-order chi connectivity index (χ0) is 11.8. The zero-order valence-electron chi connectivity index (χ0n) is 9.97. The molecule has 1 aliphatic rings. The van der Waals surface area contributed by atoms with Gasteiger partial charge in [-0.2, -0.15) is 0 Å². The molecule has 4 heteroatoms. The minimum absolute atomic E-state index is 0.0555. The van der Waals surface area contributed by atoms with Crippen molar-refractivity contribution < 1.29 is 4.74 Å². The average molecular weight is 304 g/mol. The Morgan fingerprint density at radius 3 is 2.81 bits per heavy atom. The van der Waals surface area contributed by atoms with Crippen molar-refractivity contribution >= 4 is 27.3 Å². The SMILES string of the molecule is CNC(c1cc(Br)sc1C)C1(C)CCCO1. The first-order chi connectivity index (χ1) is 7.57. The Hall–Kier alpha value is 0.1000. The first-order valence-electron chi connectivity index (χ1n) is 5.64. The van der Waals surface area contributed by atoms with Gasteiger partial charge in [0.2, 0.25) is 0 Å². The maximum absolute atomic E-state index is 5.94. The van der Waals surface area contributed by atoms with Gasteiger partial charge in [0, 0.05) is 11.5 Å². The van der Waals surface area contributed by atoms with Crippen LogP contribution in [0.3, 0.4) is 0 Å². The molecule has 0 saturated carbocycles. The van der Waals surface area contributed by atoms with Gasteiger partial charge >= 0.3 is 0 Å². The van der Waals surface area contributed by atoms with Gasteiger partial charge in [0.15, 0.2) is 0 Å². The van der Waals surface area contributed by atoms with E-state index in [-0.39, 0.29) is 11.6 Å². The van der Waals surface area contributed by atoms with Crippen LogP contribution in [0.1, 0.15) is 36.2 Å².